The Bertz CT molecular complexity index is 377. The molecule has 1 atom stereocenters. The Kier molecular flexibility index (Phi) is 5.16. The summed E-state index contributed by atoms with van der Waals surface area (Å²) >= 11 is 0. The number of aliphatic hydroxyl groups excluding tert-OH is 1. The third kappa shape index (κ3) is 3.88. The van der Waals surface area contributed by atoms with Crippen molar-refractivity contribution in [1.29, 1.82) is 0 Å². The quantitative estimate of drug-likeness (QED) is 0.710. The molecule has 0 saturated carbocycles. The fourth-order valence-electron chi connectivity index (χ4n) is 1.38. The first kappa shape index (κ1) is 13.2. The van der Waals surface area contributed by atoms with Crippen LogP contribution in [0.4, 0.5) is 0 Å². The van der Waals surface area contributed by atoms with Gasteiger partial charge in [0.05, 0.1) is 19.6 Å². The van der Waals surface area contributed by atoms with Crippen LogP contribution < -0.4 is 5.32 Å². The van der Waals surface area contributed by atoms with E-state index in [2.05, 4.69) is 10.1 Å². The first-order chi connectivity index (χ1) is 8.19. The minimum absolute atomic E-state index is 0.196. The van der Waals surface area contributed by atoms with Gasteiger partial charge in [-0.1, -0.05) is 30.3 Å². The van der Waals surface area contributed by atoms with Gasteiger partial charge in [0.1, 0.15) is 6.54 Å². The van der Waals surface area contributed by atoms with Gasteiger partial charge in [-0.3, -0.25) is 9.59 Å². The fraction of sp³-hybridized carbons (Fsp3) is 0.333. The highest BCUT2D eigenvalue weighted by Gasteiger charge is 2.19. The summed E-state index contributed by atoms with van der Waals surface area (Å²) in [6, 6.07) is 8.89. The molecule has 0 radical (unpaired) electrons. The van der Waals surface area contributed by atoms with E-state index in [9.17, 15) is 14.7 Å². The average Bonchev–Trinajstić information content (AvgIpc) is 2.38. The topological polar surface area (TPSA) is 75.6 Å². The smallest absolute Gasteiger partial charge is 0.325 e. The molecule has 0 saturated heterocycles. The van der Waals surface area contributed by atoms with Crippen LogP contribution >= 0.6 is 0 Å². The van der Waals surface area contributed by atoms with Gasteiger partial charge in [0, 0.05) is 0 Å². The Hall–Kier alpha value is -1.88. The molecular weight excluding hydrogens is 222 g/mol. The summed E-state index contributed by atoms with van der Waals surface area (Å²) in [5.74, 6) is -1.59. The third-order valence-electron chi connectivity index (χ3n) is 2.34. The second kappa shape index (κ2) is 6.65. The van der Waals surface area contributed by atoms with Crippen molar-refractivity contribution in [3.8, 4) is 0 Å². The van der Waals surface area contributed by atoms with Crippen LogP contribution in [-0.2, 0) is 14.3 Å². The molecule has 0 aliphatic heterocycles. The lowest BCUT2D eigenvalue weighted by Crippen LogP contribution is -2.35. The highest BCUT2D eigenvalue weighted by molar-refractivity contribution is 5.87. The van der Waals surface area contributed by atoms with Crippen LogP contribution in [0.2, 0.25) is 0 Å². The van der Waals surface area contributed by atoms with Crippen molar-refractivity contribution in [1.82, 2.24) is 5.32 Å². The SMILES string of the molecule is COC(=O)CNC(=O)C(CO)c1ccccc1. The molecule has 1 rings (SSSR count). The van der Waals surface area contributed by atoms with Gasteiger partial charge in [0.15, 0.2) is 0 Å². The second-order valence-electron chi connectivity index (χ2n) is 3.44. The molecule has 0 spiro atoms. The molecule has 0 aromatic heterocycles. The van der Waals surface area contributed by atoms with Gasteiger partial charge in [-0.05, 0) is 5.56 Å². The van der Waals surface area contributed by atoms with Crippen molar-refractivity contribution in [2.75, 3.05) is 20.3 Å². The van der Waals surface area contributed by atoms with Gasteiger partial charge >= 0.3 is 5.97 Å². The van der Waals surface area contributed by atoms with E-state index in [1.807, 2.05) is 6.07 Å². The number of rotatable bonds is 5. The Morgan fingerprint density at radius 2 is 2.00 bits per heavy atom. The van der Waals surface area contributed by atoms with Gasteiger partial charge in [-0.15, -0.1) is 0 Å². The van der Waals surface area contributed by atoms with E-state index in [4.69, 9.17) is 0 Å². The number of nitrogens with one attached hydrogen (secondary N) is 1. The van der Waals surface area contributed by atoms with E-state index in [0.717, 1.165) is 0 Å². The lowest BCUT2D eigenvalue weighted by Gasteiger charge is -2.14. The molecule has 0 heterocycles. The number of benzene rings is 1. The first-order valence-electron chi connectivity index (χ1n) is 5.19. The van der Waals surface area contributed by atoms with Crippen molar-refractivity contribution in [2.24, 2.45) is 0 Å². The summed E-state index contributed by atoms with van der Waals surface area (Å²) in [4.78, 5) is 22.6. The van der Waals surface area contributed by atoms with Gasteiger partial charge in [-0.25, -0.2) is 0 Å². The Morgan fingerprint density at radius 1 is 1.35 bits per heavy atom. The largest absolute Gasteiger partial charge is 0.468 e. The number of esters is 1. The lowest BCUT2D eigenvalue weighted by atomic mass is 9.99. The van der Waals surface area contributed by atoms with Crippen LogP contribution in [0.25, 0.3) is 0 Å². The summed E-state index contributed by atoms with van der Waals surface area (Å²) in [5, 5.41) is 11.6. The van der Waals surface area contributed by atoms with Crippen LogP contribution in [-0.4, -0.2) is 37.2 Å². The van der Waals surface area contributed by atoms with Crippen LogP contribution in [0.1, 0.15) is 11.5 Å². The molecule has 17 heavy (non-hydrogen) atoms. The molecule has 2 N–H and O–H groups in total. The number of hydrogen-bond acceptors (Lipinski definition) is 4. The van der Waals surface area contributed by atoms with Crippen LogP contribution in [0, 0.1) is 0 Å². The molecule has 5 nitrogen and oxygen atoms in total. The summed E-state index contributed by atoms with van der Waals surface area (Å²) in [5.41, 5.74) is 0.706. The van der Waals surface area contributed by atoms with Crippen molar-refractivity contribution in [2.45, 2.75) is 5.92 Å². The Balaban J connectivity index is 2.62. The third-order valence-corrected chi connectivity index (χ3v) is 2.34. The molecule has 1 aromatic carbocycles. The molecule has 1 aromatic rings. The maximum absolute atomic E-state index is 11.7. The van der Waals surface area contributed by atoms with E-state index in [1.165, 1.54) is 7.11 Å². The maximum Gasteiger partial charge on any atom is 0.325 e. The summed E-state index contributed by atoms with van der Waals surface area (Å²) in [7, 11) is 1.25. The molecule has 5 heteroatoms. The standard InChI is InChI=1S/C12H15NO4/c1-17-11(15)7-13-12(16)10(8-14)9-5-3-2-4-6-9/h2-6,10,14H,7-8H2,1H3,(H,13,16). The molecule has 1 unspecified atom stereocenters. The zero-order valence-electron chi connectivity index (χ0n) is 9.55. The Morgan fingerprint density at radius 3 is 2.53 bits per heavy atom. The van der Waals surface area contributed by atoms with E-state index in [1.54, 1.807) is 24.3 Å². The minimum Gasteiger partial charge on any atom is -0.468 e. The highest BCUT2D eigenvalue weighted by atomic mass is 16.5. The molecular formula is C12H15NO4. The summed E-state index contributed by atoms with van der Waals surface area (Å²) in [6.45, 7) is -0.504. The van der Waals surface area contributed by atoms with Crippen LogP contribution in [0.3, 0.4) is 0 Å². The van der Waals surface area contributed by atoms with Crippen molar-refractivity contribution in [3.63, 3.8) is 0 Å². The first-order valence-corrected chi connectivity index (χ1v) is 5.19. The number of amides is 1. The monoisotopic (exact) mass is 237 g/mol. The molecule has 92 valence electrons. The van der Waals surface area contributed by atoms with Crippen molar-refractivity contribution < 1.29 is 19.4 Å². The number of hydrogen-bond donors (Lipinski definition) is 2. The molecule has 1 amide bonds. The molecule has 0 fully saturated rings. The number of carbonyl (C=O) groups is 2. The number of aliphatic hydroxyl groups is 1. The predicted octanol–water partition coefficient (Wildman–Crippen LogP) is 0.0517. The molecule has 0 aliphatic rings. The highest BCUT2D eigenvalue weighted by Crippen LogP contribution is 2.14. The molecule has 0 bridgehead atoms. The maximum atomic E-state index is 11.7. The average molecular weight is 237 g/mol. The van der Waals surface area contributed by atoms with Gasteiger partial charge in [-0.2, -0.15) is 0 Å². The van der Waals surface area contributed by atoms with Gasteiger partial charge in [0.25, 0.3) is 0 Å². The van der Waals surface area contributed by atoms with E-state index in [0.29, 0.717) is 5.56 Å². The van der Waals surface area contributed by atoms with E-state index < -0.39 is 17.8 Å². The molecule has 0 aliphatic carbocycles. The van der Waals surface area contributed by atoms with Gasteiger partial charge < -0.3 is 15.2 Å². The van der Waals surface area contributed by atoms with E-state index >= 15 is 0 Å². The number of carbonyl (C=O) groups excluding carboxylic acids is 2. The number of methoxy groups -OCH3 is 1. The summed E-state index contributed by atoms with van der Waals surface area (Å²) < 4.78 is 4.40. The normalized spacial score (nSPS) is 11.6. The number of ether oxygens (including phenoxy) is 1. The van der Waals surface area contributed by atoms with Crippen molar-refractivity contribution in [3.05, 3.63) is 35.9 Å². The second-order valence-corrected chi connectivity index (χ2v) is 3.44. The van der Waals surface area contributed by atoms with Crippen LogP contribution in [0.15, 0.2) is 30.3 Å². The van der Waals surface area contributed by atoms with Gasteiger partial charge in [0.2, 0.25) is 5.91 Å². The fourth-order valence-corrected chi connectivity index (χ4v) is 1.38. The van der Waals surface area contributed by atoms with E-state index in [-0.39, 0.29) is 13.2 Å². The van der Waals surface area contributed by atoms with Crippen LogP contribution in [0.5, 0.6) is 0 Å². The lowest BCUT2D eigenvalue weighted by molar-refractivity contribution is -0.141. The summed E-state index contributed by atoms with van der Waals surface area (Å²) in [6.07, 6.45) is 0. The zero-order chi connectivity index (χ0) is 12.7. The zero-order valence-corrected chi connectivity index (χ0v) is 9.55. The van der Waals surface area contributed by atoms with Crippen molar-refractivity contribution >= 4 is 11.9 Å². The predicted molar refractivity (Wildman–Crippen MR) is 61.3 cm³/mol. The minimum atomic E-state index is -0.666. The Labute approximate surface area is 99.4 Å².